The Kier molecular flexibility index (Phi) is 6.92. The van der Waals surface area contributed by atoms with Gasteiger partial charge in [0, 0.05) is 32.4 Å². The van der Waals surface area contributed by atoms with Crippen LogP contribution in [0.4, 0.5) is 0 Å². The van der Waals surface area contributed by atoms with Gasteiger partial charge in [0.2, 0.25) is 5.91 Å². The summed E-state index contributed by atoms with van der Waals surface area (Å²) in [5.74, 6) is 5.09. The Hall–Kier alpha value is -2.39. The van der Waals surface area contributed by atoms with E-state index in [1.165, 1.54) is 24.3 Å². The molecule has 0 aliphatic heterocycles. The molecule has 0 spiro atoms. The van der Waals surface area contributed by atoms with Crippen LogP contribution >= 0.6 is 0 Å². The van der Waals surface area contributed by atoms with E-state index in [0.29, 0.717) is 24.1 Å². The Labute approximate surface area is 124 Å². The number of nitrogens with zero attached hydrogens (tertiary/aromatic N) is 2. The predicted octanol–water partition coefficient (Wildman–Crippen LogP) is 0.0236. The zero-order valence-electron chi connectivity index (χ0n) is 12.2. The molecular formula is C15H19N3O3. The molecule has 2 N–H and O–H groups in total. The molecule has 1 heterocycles. The van der Waals surface area contributed by atoms with E-state index in [2.05, 4.69) is 22.1 Å². The third-order valence-electron chi connectivity index (χ3n) is 2.79. The SMILES string of the molecule is CCN(CC(=O)NC)C(=O)c1ccncc1C#CCCO. The highest BCUT2D eigenvalue weighted by Gasteiger charge is 2.19. The van der Waals surface area contributed by atoms with E-state index in [0.717, 1.165) is 0 Å². The van der Waals surface area contributed by atoms with Crippen LogP contribution in [0.25, 0.3) is 0 Å². The Morgan fingerprint density at radius 1 is 1.48 bits per heavy atom. The van der Waals surface area contributed by atoms with Crippen molar-refractivity contribution in [3.63, 3.8) is 0 Å². The first-order chi connectivity index (χ1) is 10.1. The summed E-state index contributed by atoms with van der Waals surface area (Å²) in [6.07, 6.45) is 3.35. The highest BCUT2D eigenvalue weighted by atomic mass is 16.2. The number of nitrogens with one attached hydrogen (secondary N) is 1. The minimum Gasteiger partial charge on any atom is -0.395 e. The van der Waals surface area contributed by atoms with Crippen LogP contribution in [0.2, 0.25) is 0 Å². The number of pyridine rings is 1. The minimum atomic E-state index is -0.267. The molecule has 21 heavy (non-hydrogen) atoms. The van der Waals surface area contributed by atoms with Gasteiger partial charge in [-0.3, -0.25) is 14.6 Å². The Morgan fingerprint density at radius 2 is 2.24 bits per heavy atom. The summed E-state index contributed by atoms with van der Waals surface area (Å²) in [4.78, 5) is 29.3. The molecule has 0 aromatic carbocycles. The normalized spacial score (nSPS) is 9.48. The van der Waals surface area contributed by atoms with Crippen LogP contribution in [-0.4, -0.2) is 53.5 Å². The zero-order chi connectivity index (χ0) is 15.7. The Balaban J connectivity index is 3.00. The second-order valence-corrected chi connectivity index (χ2v) is 4.19. The number of aliphatic hydroxyl groups is 1. The molecule has 0 radical (unpaired) electrons. The second-order valence-electron chi connectivity index (χ2n) is 4.19. The molecule has 0 aliphatic rings. The van der Waals surface area contributed by atoms with Crippen molar-refractivity contribution in [2.24, 2.45) is 0 Å². The fourth-order valence-corrected chi connectivity index (χ4v) is 1.64. The lowest BCUT2D eigenvalue weighted by atomic mass is 10.1. The molecule has 2 amide bonds. The molecule has 0 fully saturated rings. The smallest absolute Gasteiger partial charge is 0.255 e. The lowest BCUT2D eigenvalue weighted by Gasteiger charge is -2.20. The summed E-state index contributed by atoms with van der Waals surface area (Å²) >= 11 is 0. The third-order valence-corrected chi connectivity index (χ3v) is 2.79. The van der Waals surface area contributed by atoms with Crippen molar-refractivity contribution in [3.8, 4) is 11.8 Å². The van der Waals surface area contributed by atoms with Gasteiger partial charge in [-0.2, -0.15) is 0 Å². The van der Waals surface area contributed by atoms with Gasteiger partial charge in [0.1, 0.15) is 0 Å². The zero-order valence-corrected chi connectivity index (χ0v) is 12.2. The molecule has 6 nitrogen and oxygen atoms in total. The number of hydrogen-bond acceptors (Lipinski definition) is 4. The van der Waals surface area contributed by atoms with Crippen molar-refractivity contribution in [3.05, 3.63) is 29.6 Å². The van der Waals surface area contributed by atoms with Gasteiger partial charge in [-0.25, -0.2) is 0 Å². The van der Waals surface area contributed by atoms with E-state index in [1.807, 2.05) is 0 Å². The van der Waals surface area contributed by atoms with Crippen LogP contribution < -0.4 is 5.32 Å². The summed E-state index contributed by atoms with van der Waals surface area (Å²) in [7, 11) is 1.53. The van der Waals surface area contributed by atoms with E-state index < -0.39 is 0 Å². The first kappa shape index (κ1) is 16.7. The number of likely N-dealkylation sites (N-methyl/N-ethyl adjacent to an activating group) is 2. The number of aliphatic hydroxyl groups excluding tert-OH is 1. The van der Waals surface area contributed by atoms with E-state index >= 15 is 0 Å². The van der Waals surface area contributed by atoms with Crippen LogP contribution in [0, 0.1) is 11.8 Å². The standard InChI is InChI=1S/C15H19N3O3/c1-3-18(11-14(20)16-2)15(21)13-7-8-17-10-12(13)6-4-5-9-19/h7-8,10,19H,3,5,9,11H2,1-2H3,(H,16,20). The van der Waals surface area contributed by atoms with Gasteiger partial charge < -0.3 is 15.3 Å². The highest BCUT2D eigenvalue weighted by molar-refractivity contribution is 5.98. The Morgan fingerprint density at radius 3 is 2.86 bits per heavy atom. The van der Waals surface area contributed by atoms with Crippen LogP contribution in [0.3, 0.4) is 0 Å². The average molecular weight is 289 g/mol. The number of aromatic nitrogens is 1. The summed E-state index contributed by atoms with van der Waals surface area (Å²) < 4.78 is 0. The summed E-state index contributed by atoms with van der Waals surface area (Å²) in [5, 5.41) is 11.2. The van der Waals surface area contributed by atoms with Crippen molar-refractivity contribution in [2.75, 3.05) is 26.7 Å². The molecule has 0 saturated heterocycles. The lowest BCUT2D eigenvalue weighted by molar-refractivity contribution is -0.121. The average Bonchev–Trinajstić information content (AvgIpc) is 2.52. The molecule has 0 atom stereocenters. The number of hydrogen-bond donors (Lipinski definition) is 2. The third kappa shape index (κ3) is 4.89. The predicted molar refractivity (Wildman–Crippen MR) is 78.5 cm³/mol. The molecule has 112 valence electrons. The van der Waals surface area contributed by atoms with Crippen LogP contribution in [0.1, 0.15) is 29.3 Å². The van der Waals surface area contributed by atoms with Crippen molar-refractivity contribution in [1.29, 1.82) is 0 Å². The highest BCUT2D eigenvalue weighted by Crippen LogP contribution is 2.09. The maximum absolute atomic E-state index is 12.5. The summed E-state index contributed by atoms with van der Waals surface area (Å²) in [6.45, 7) is 2.18. The fraction of sp³-hybridized carbons (Fsp3) is 0.400. The van der Waals surface area contributed by atoms with Gasteiger partial charge >= 0.3 is 0 Å². The van der Waals surface area contributed by atoms with E-state index in [9.17, 15) is 9.59 Å². The molecule has 1 aromatic rings. The maximum atomic E-state index is 12.5. The van der Waals surface area contributed by atoms with Gasteiger partial charge in [0.25, 0.3) is 5.91 Å². The van der Waals surface area contributed by atoms with Crippen LogP contribution in [0.5, 0.6) is 0 Å². The molecule has 6 heteroatoms. The number of amides is 2. The first-order valence-corrected chi connectivity index (χ1v) is 6.67. The van der Waals surface area contributed by atoms with Crippen molar-refractivity contribution in [1.82, 2.24) is 15.2 Å². The maximum Gasteiger partial charge on any atom is 0.255 e. The topological polar surface area (TPSA) is 82.5 Å². The summed E-state index contributed by atoms with van der Waals surface area (Å²) in [5.41, 5.74) is 0.896. The van der Waals surface area contributed by atoms with Gasteiger partial charge in [0.15, 0.2) is 0 Å². The molecule has 0 saturated carbocycles. The van der Waals surface area contributed by atoms with E-state index in [4.69, 9.17) is 5.11 Å². The number of carbonyl (C=O) groups is 2. The molecule has 0 unspecified atom stereocenters. The quantitative estimate of drug-likeness (QED) is 0.749. The summed E-state index contributed by atoms with van der Waals surface area (Å²) in [6, 6.07) is 1.58. The molecule has 1 aromatic heterocycles. The largest absolute Gasteiger partial charge is 0.395 e. The van der Waals surface area contributed by atoms with Crippen LogP contribution in [0.15, 0.2) is 18.5 Å². The van der Waals surface area contributed by atoms with Crippen LogP contribution in [-0.2, 0) is 4.79 Å². The molecule has 1 rings (SSSR count). The molecule has 0 bridgehead atoms. The number of rotatable bonds is 5. The number of carbonyl (C=O) groups excluding carboxylic acids is 2. The molecular weight excluding hydrogens is 270 g/mol. The molecule has 0 aliphatic carbocycles. The van der Waals surface area contributed by atoms with Gasteiger partial charge in [-0.15, -0.1) is 0 Å². The minimum absolute atomic E-state index is 0.00232. The van der Waals surface area contributed by atoms with Crippen molar-refractivity contribution in [2.45, 2.75) is 13.3 Å². The van der Waals surface area contributed by atoms with Gasteiger partial charge in [-0.05, 0) is 13.0 Å². The van der Waals surface area contributed by atoms with E-state index in [1.54, 1.807) is 13.0 Å². The Bertz CT molecular complexity index is 561. The van der Waals surface area contributed by atoms with Crippen molar-refractivity contribution < 1.29 is 14.7 Å². The van der Waals surface area contributed by atoms with Crippen molar-refractivity contribution >= 4 is 11.8 Å². The van der Waals surface area contributed by atoms with Gasteiger partial charge in [0.05, 0.1) is 24.3 Å². The first-order valence-electron chi connectivity index (χ1n) is 6.67. The van der Waals surface area contributed by atoms with Gasteiger partial charge in [-0.1, -0.05) is 11.8 Å². The fourth-order valence-electron chi connectivity index (χ4n) is 1.64. The second kappa shape index (κ2) is 8.72. The lowest BCUT2D eigenvalue weighted by Crippen LogP contribution is -2.39. The monoisotopic (exact) mass is 289 g/mol. The van der Waals surface area contributed by atoms with E-state index in [-0.39, 0.29) is 25.0 Å².